The van der Waals surface area contributed by atoms with Crippen molar-refractivity contribution >= 4 is 17.5 Å². The molecule has 6 nitrogen and oxygen atoms in total. The second-order valence-corrected chi connectivity index (χ2v) is 4.51. The van der Waals surface area contributed by atoms with Crippen molar-refractivity contribution in [3.05, 3.63) is 18.2 Å². The van der Waals surface area contributed by atoms with Crippen molar-refractivity contribution in [3.63, 3.8) is 0 Å². The number of amides is 1. The number of alkyl halides is 3. The second kappa shape index (κ2) is 5.58. The Balaban J connectivity index is 2.11. The lowest BCUT2D eigenvalue weighted by Crippen LogP contribution is -2.52. The number of nitrogen functional groups attached to an aromatic ring is 1. The Hall–Kier alpha value is -2.32. The molecule has 0 radical (unpaired) electrons. The van der Waals surface area contributed by atoms with Crippen LogP contribution >= 0.6 is 0 Å². The van der Waals surface area contributed by atoms with Gasteiger partial charge in [0.1, 0.15) is 6.09 Å². The molecule has 2 N–H and O–H groups in total. The SMILES string of the molecule is Nc1ccc(N2CCN(C(=O)[O-])CC2)cc1OC(F)(F)F. The predicted octanol–water partition coefficient (Wildman–Crippen LogP) is 0.633. The zero-order valence-electron chi connectivity index (χ0n) is 10.9. The van der Waals surface area contributed by atoms with Crippen LogP contribution in [0.4, 0.5) is 29.3 Å². The van der Waals surface area contributed by atoms with E-state index in [1.165, 1.54) is 12.1 Å². The molecule has 0 saturated carbocycles. The average molecular weight is 304 g/mol. The fraction of sp³-hybridized carbons (Fsp3) is 0.417. The molecule has 1 fully saturated rings. The number of nitrogens with zero attached hydrogens (tertiary/aromatic N) is 2. The number of hydrogen-bond donors (Lipinski definition) is 1. The normalized spacial score (nSPS) is 16.0. The van der Waals surface area contributed by atoms with E-state index in [1.54, 1.807) is 11.0 Å². The van der Waals surface area contributed by atoms with Gasteiger partial charge >= 0.3 is 6.36 Å². The van der Waals surface area contributed by atoms with Crippen LogP contribution in [0, 0.1) is 0 Å². The minimum Gasteiger partial charge on any atom is -0.530 e. The molecule has 0 bridgehead atoms. The van der Waals surface area contributed by atoms with Crippen molar-refractivity contribution < 1.29 is 27.8 Å². The highest BCUT2D eigenvalue weighted by Gasteiger charge is 2.32. The molecule has 0 spiro atoms. The van der Waals surface area contributed by atoms with Crippen molar-refractivity contribution in [2.75, 3.05) is 36.8 Å². The van der Waals surface area contributed by atoms with Crippen LogP contribution in [-0.2, 0) is 0 Å². The number of carbonyl (C=O) groups is 1. The topological polar surface area (TPSA) is 81.9 Å². The van der Waals surface area contributed by atoms with Crippen molar-refractivity contribution in [1.82, 2.24) is 4.90 Å². The summed E-state index contributed by atoms with van der Waals surface area (Å²) in [7, 11) is 0. The lowest BCUT2D eigenvalue weighted by Gasteiger charge is -2.37. The lowest BCUT2D eigenvalue weighted by atomic mass is 10.2. The highest BCUT2D eigenvalue weighted by molar-refractivity contribution is 5.65. The van der Waals surface area contributed by atoms with Crippen LogP contribution in [0.1, 0.15) is 0 Å². The van der Waals surface area contributed by atoms with E-state index in [1.807, 2.05) is 0 Å². The number of hydrogen-bond acceptors (Lipinski definition) is 5. The van der Waals surface area contributed by atoms with Crippen LogP contribution in [-0.4, -0.2) is 43.5 Å². The Labute approximate surface area is 118 Å². The third kappa shape index (κ3) is 3.83. The number of carboxylic acid groups (broad SMARTS) is 1. The Kier molecular flexibility index (Phi) is 4.01. The molecule has 1 aliphatic rings. The highest BCUT2D eigenvalue weighted by atomic mass is 19.4. The number of anilines is 2. The Morgan fingerprint density at radius 1 is 1.24 bits per heavy atom. The summed E-state index contributed by atoms with van der Waals surface area (Å²) in [6.07, 6.45) is -6.08. The molecular formula is C12H13F3N3O3-. The standard InChI is InChI=1S/C12H14F3N3O3/c13-12(14,15)21-10-7-8(1-2-9(10)16)17-3-5-18(6-4-17)11(19)20/h1-2,7H,3-6,16H2,(H,19,20)/p-1. The lowest BCUT2D eigenvalue weighted by molar-refractivity contribution is -0.274. The van der Waals surface area contributed by atoms with E-state index < -0.39 is 18.2 Å². The molecule has 116 valence electrons. The van der Waals surface area contributed by atoms with Gasteiger partial charge in [-0.1, -0.05) is 0 Å². The first kappa shape index (κ1) is 15.1. The van der Waals surface area contributed by atoms with Gasteiger partial charge in [0.2, 0.25) is 0 Å². The first-order chi connectivity index (χ1) is 9.76. The number of rotatable bonds is 2. The predicted molar refractivity (Wildman–Crippen MR) is 66.7 cm³/mol. The zero-order chi connectivity index (χ0) is 15.6. The van der Waals surface area contributed by atoms with E-state index in [2.05, 4.69) is 4.74 Å². The minimum atomic E-state index is -4.82. The van der Waals surface area contributed by atoms with Crippen LogP contribution < -0.4 is 20.5 Å². The summed E-state index contributed by atoms with van der Waals surface area (Å²) in [4.78, 5) is 13.6. The number of carbonyl (C=O) groups excluding carboxylic acids is 1. The summed E-state index contributed by atoms with van der Waals surface area (Å²) in [6, 6.07) is 4.08. The van der Waals surface area contributed by atoms with Crippen LogP contribution in [0.3, 0.4) is 0 Å². The maximum Gasteiger partial charge on any atom is 0.573 e. The zero-order valence-corrected chi connectivity index (χ0v) is 10.9. The van der Waals surface area contributed by atoms with Gasteiger partial charge in [0, 0.05) is 37.9 Å². The van der Waals surface area contributed by atoms with Gasteiger partial charge < -0.3 is 30.2 Å². The van der Waals surface area contributed by atoms with Crippen molar-refractivity contribution in [3.8, 4) is 5.75 Å². The fourth-order valence-corrected chi connectivity index (χ4v) is 2.08. The van der Waals surface area contributed by atoms with Crippen molar-refractivity contribution in [1.29, 1.82) is 0 Å². The summed E-state index contributed by atoms with van der Waals surface area (Å²) in [6.45, 7) is 1.15. The summed E-state index contributed by atoms with van der Waals surface area (Å²) >= 11 is 0. The first-order valence-corrected chi connectivity index (χ1v) is 6.12. The van der Waals surface area contributed by atoms with E-state index in [4.69, 9.17) is 5.73 Å². The van der Waals surface area contributed by atoms with Crippen LogP contribution in [0.5, 0.6) is 5.75 Å². The summed E-state index contributed by atoms with van der Waals surface area (Å²) in [5.41, 5.74) is 5.82. The second-order valence-electron chi connectivity index (χ2n) is 4.51. The molecule has 1 amide bonds. The van der Waals surface area contributed by atoms with Crippen LogP contribution in [0.15, 0.2) is 18.2 Å². The van der Waals surface area contributed by atoms with E-state index in [0.717, 1.165) is 4.90 Å². The summed E-state index contributed by atoms with van der Waals surface area (Å²) < 4.78 is 40.7. The molecule has 1 saturated heterocycles. The number of ether oxygens (including phenoxy) is 1. The number of halogens is 3. The molecule has 0 unspecified atom stereocenters. The molecule has 0 atom stereocenters. The third-order valence-electron chi connectivity index (χ3n) is 3.13. The maximum absolute atomic E-state index is 12.3. The van der Waals surface area contributed by atoms with Gasteiger partial charge in [-0.25, -0.2) is 0 Å². The smallest absolute Gasteiger partial charge is 0.530 e. The minimum absolute atomic E-state index is 0.121. The summed E-state index contributed by atoms with van der Waals surface area (Å²) in [5.74, 6) is -0.470. The molecule has 2 rings (SSSR count). The molecule has 1 aliphatic heterocycles. The van der Waals surface area contributed by atoms with E-state index in [9.17, 15) is 23.1 Å². The van der Waals surface area contributed by atoms with Gasteiger partial charge in [-0.15, -0.1) is 13.2 Å². The van der Waals surface area contributed by atoms with E-state index in [-0.39, 0.29) is 18.8 Å². The average Bonchev–Trinajstić information content (AvgIpc) is 2.40. The largest absolute Gasteiger partial charge is 0.573 e. The van der Waals surface area contributed by atoms with E-state index in [0.29, 0.717) is 18.8 Å². The molecule has 1 aromatic rings. The van der Waals surface area contributed by atoms with Gasteiger partial charge in [-0.05, 0) is 12.1 Å². The molecule has 1 heterocycles. The number of piperazine rings is 1. The van der Waals surface area contributed by atoms with Gasteiger partial charge in [0.25, 0.3) is 0 Å². The highest BCUT2D eigenvalue weighted by Crippen LogP contribution is 2.32. The molecule has 1 aromatic carbocycles. The molecule has 21 heavy (non-hydrogen) atoms. The summed E-state index contributed by atoms with van der Waals surface area (Å²) in [5, 5.41) is 10.7. The van der Waals surface area contributed by atoms with Gasteiger partial charge in [-0.2, -0.15) is 0 Å². The van der Waals surface area contributed by atoms with E-state index >= 15 is 0 Å². The molecule has 0 aliphatic carbocycles. The van der Waals surface area contributed by atoms with Crippen molar-refractivity contribution in [2.24, 2.45) is 0 Å². The third-order valence-corrected chi connectivity index (χ3v) is 3.13. The number of benzene rings is 1. The first-order valence-electron chi connectivity index (χ1n) is 6.12. The molecular weight excluding hydrogens is 291 g/mol. The van der Waals surface area contributed by atoms with Crippen LogP contribution in [0.2, 0.25) is 0 Å². The Morgan fingerprint density at radius 2 is 1.86 bits per heavy atom. The monoisotopic (exact) mass is 304 g/mol. The van der Waals surface area contributed by atoms with Gasteiger partial charge in [0.05, 0.1) is 5.69 Å². The molecule has 0 aromatic heterocycles. The Morgan fingerprint density at radius 3 is 2.38 bits per heavy atom. The van der Waals surface area contributed by atoms with Crippen LogP contribution in [0.25, 0.3) is 0 Å². The molecule has 9 heteroatoms. The fourth-order valence-electron chi connectivity index (χ4n) is 2.08. The van der Waals surface area contributed by atoms with Gasteiger partial charge in [0.15, 0.2) is 5.75 Å². The van der Waals surface area contributed by atoms with Gasteiger partial charge in [-0.3, -0.25) is 0 Å². The number of nitrogens with two attached hydrogens (primary N) is 1. The maximum atomic E-state index is 12.3. The van der Waals surface area contributed by atoms with Crippen molar-refractivity contribution in [2.45, 2.75) is 6.36 Å². The quantitative estimate of drug-likeness (QED) is 0.811. The Bertz CT molecular complexity index is 528.